The van der Waals surface area contributed by atoms with Crippen molar-refractivity contribution in [1.82, 2.24) is 0 Å². The molecule has 0 unspecified atom stereocenters. The molecule has 0 aliphatic heterocycles. The van der Waals surface area contributed by atoms with E-state index >= 15 is 0 Å². The molecule has 0 aromatic heterocycles. The summed E-state index contributed by atoms with van der Waals surface area (Å²) in [6.07, 6.45) is 0.392. The molecule has 2 rings (SSSR count). The quantitative estimate of drug-likeness (QED) is 0.856. The van der Waals surface area contributed by atoms with Gasteiger partial charge < -0.3 is 15.1 Å². The molecular weight excluding hydrogens is 278 g/mol. The molecule has 2 aromatic rings. The van der Waals surface area contributed by atoms with E-state index in [0.717, 1.165) is 18.7 Å². The summed E-state index contributed by atoms with van der Waals surface area (Å²) in [7, 11) is 0. The molecule has 0 spiro atoms. The first-order valence-electron chi connectivity index (χ1n) is 7.45. The molecule has 4 nitrogen and oxygen atoms in total. The molecule has 0 aliphatic rings. The number of aromatic carboxylic acids is 1. The first kappa shape index (κ1) is 15.9. The van der Waals surface area contributed by atoms with E-state index < -0.39 is 5.97 Å². The highest BCUT2D eigenvalue weighted by atomic mass is 16.4. The summed E-state index contributed by atoms with van der Waals surface area (Å²) in [4.78, 5) is 13.5. The van der Waals surface area contributed by atoms with Gasteiger partial charge in [-0.05, 0) is 31.5 Å². The van der Waals surface area contributed by atoms with E-state index in [0.29, 0.717) is 17.7 Å². The molecule has 116 valence electrons. The smallest absolute Gasteiger partial charge is 0.336 e. The molecule has 0 atom stereocenters. The van der Waals surface area contributed by atoms with Crippen molar-refractivity contribution in [3.8, 4) is 5.75 Å². The molecular formula is C18H21NO3. The Morgan fingerprint density at radius 3 is 2.23 bits per heavy atom. The standard InChI is InChI=1S/C18H21NO3/c1-3-19(4-2)16-11-10-14(18(21)22)15(17(16)20)12-13-8-6-5-7-9-13/h5-11,20H,3-4,12H2,1-2H3,(H,21,22). The molecule has 0 saturated heterocycles. The van der Waals surface area contributed by atoms with Crippen molar-refractivity contribution in [3.63, 3.8) is 0 Å². The molecule has 22 heavy (non-hydrogen) atoms. The van der Waals surface area contributed by atoms with Crippen molar-refractivity contribution >= 4 is 11.7 Å². The number of hydrogen-bond acceptors (Lipinski definition) is 3. The van der Waals surface area contributed by atoms with Crippen molar-refractivity contribution in [2.45, 2.75) is 20.3 Å². The maximum atomic E-state index is 11.5. The Balaban J connectivity index is 2.52. The van der Waals surface area contributed by atoms with Gasteiger partial charge in [-0.2, -0.15) is 0 Å². The van der Waals surface area contributed by atoms with Gasteiger partial charge in [0.15, 0.2) is 0 Å². The van der Waals surface area contributed by atoms with Crippen molar-refractivity contribution in [3.05, 3.63) is 59.2 Å². The number of phenolic OH excluding ortho intramolecular Hbond substituents is 1. The number of benzene rings is 2. The number of phenols is 1. The van der Waals surface area contributed by atoms with Crippen LogP contribution in [0.2, 0.25) is 0 Å². The van der Waals surface area contributed by atoms with Crippen LogP contribution in [0.1, 0.15) is 35.3 Å². The van der Waals surface area contributed by atoms with Gasteiger partial charge in [-0.15, -0.1) is 0 Å². The first-order valence-corrected chi connectivity index (χ1v) is 7.45. The summed E-state index contributed by atoms with van der Waals surface area (Å²) in [5.74, 6) is -0.959. The van der Waals surface area contributed by atoms with Crippen molar-refractivity contribution < 1.29 is 15.0 Å². The second kappa shape index (κ2) is 6.98. The average molecular weight is 299 g/mol. The van der Waals surface area contributed by atoms with E-state index in [1.165, 1.54) is 0 Å². The predicted octanol–water partition coefficient (Wildman–Crippen LogP) is 3.53. The van der Waals surface area contributed by atoms with Crippen LogP contribution < -0.4 is 4.90 Å². The first-order chi connectivity index (χ1) is 10.6. The minimum Gasteiger partial charge on any atom is -0.505 e. The molecule has 0 saturated carbocycles. The third-order valence-electron chi connectivity index (χ3n) is 3.82. The Hall–Kier alpha value is -2.49. The minimum atomic E-state index is -1.02. The number of carboxylic acid groups (broad SMARTS) is 1. The zero-order chi connectivity index (χ0) is 16.1. The molecule has 0 amide bonds. The summed E-state index contributed by atoms with van der Waals surface area (Å²) in [5.41, 5.74) is 2.26. The third kappa shape index (κ3) is 3.22. The van der Waals surface area contributed by atoms with Crippen LogP contribution in [0.15, 0.2) is 42.5 Å². The van der Waals surface area contributed by atoms with Gasteiger partial charge in [0.05, 0.1) is 11.3 Å². The topological polar surface area (TPSA) is 60.8 Å². The Morgan fingerprint density at radius 2 is 1.68 bits per heavy atom. The van der Waals surface area contributed by atoms with Crippen molar-refractivity contribution in [2.24, 2.45) is 0 Å². The van der Waals surface area contributed by atoms with Crippen LogP contribution in [-0.4, -0.2) is 29.3 Å². The van der Waals surface area contributed by atoms with Crippen LogP contribution in [-0.2, 0) is 6.42 Å². The van der Waals surface area contributed by atoms with E-state index in [4.69, 9.17) is 0 Å². The summed E-state index contributed by atoms with van der Waals surface area (Å²) in [6, 6.07) is 12.8. The number of anilines is 1. The summed E-state index contributed by atoms with van der Waals surface area (Å²) in [6.45, 7) is 5.51. The lowest BCUT2D eigenvalue weighted by Crippen LogP contribution is -2.22. The highest BCUT2D eigenvalue weighted by Gasteiger charge is 2.19. The molecule has 2 N–H and O–H groups in total. The lowest BCUT2D eigenvalue weighted by Gasteiger charge is -2.24. The third-order valence-corrected chi connectivity index (χ3v) is 3.82. The lowest BCUT2D eigenvalue weighted by molar-refractivity contribution is 0.0695. The molecule has 0 fully saturated rings. The normalized spacial score (nSPS) is 10.5. The number of carboxylic acids is 1. The van der Waals surface area contributed by atoms with Crippen LogP contribution in [0.25, 0.3) is 0 Å². The summed E-state index contributed by atoms with van der Waals surface area (Å²) >= 11 is 0. The van der Waals surface area contributed by atoms with Crippen molar-refractivity contribution in [1.29, 1.82) is 0 Å². The lowest BCUT2D eigenvalue weighted by atomic mass is 9.97. The molecule has 0 bridgehead atoms. The van der Waals surface area contributed by atoms with Crippen LogP contribution in [0.5, 0.6) is 5.75 Å². The van der Waals surface area contributed by atoms with Gasteiger partial charge in [0.25, 0.3) is 0 Å². The highest BCUT2D eigenvalue weighted by Crippen LogP contribution is 2.35. The van der Waals surface area contributed by atoms with Crippen LogP contribution >= 0.6 is 0 Å². The van der Waals surface area contributed by atoms with E-state index in [9.17, 15) is 15.0 Å². The zero-order valence-corrected chi connectivity index (χ0v) is 12.9. The molecule has 0 heterocycles. The molecule has 2 aromatic carbocycles. The van der Waals surface area contributed by atoms with Crippen LogP contribution in [0.3, 0.4) is 0 Å². The van der Waals surface area contributed by atoms with Crippen molar-refractivity contribution in [2.75, 3.05) is 18.0 Å². The van der Waals surface area contributed by atoms with Gasteiger partial charge in [-0.3, -0.25) is 0 Å². The molecule has 0 aliphatic carbocycles. The SMILES string of the molecule is CCN(CC)c1ccc(C(=O)O)c(Cc2ccccc2)c1O. The largest absolute Gasteiger partial charge is 0.505 e. The van der Waals surface area contributed by atoms with Gasteiger partial charge in [0.2, 0.25) is 0 Å². The number of nitrogens with zero attached hydrogens (tertiary/aromatic N) is 1. The number of aromatic hydroxyl groups is 1. The zero-order valence-electron chi connectivity index (χ0n) is 12.9. The van der Waals surface area contributed by atoms with Gasteiger partial charge >= 0.3 is 5.97 Å². The number of carbonyl (C=O) groups is 1. The maximum Gasteiger partial charge on any atom is 0.336 e. The summed E-state index contributed by atoms with van der Waals surface area (Å²) in [5, 5.41) is 20.0. The second-order valence-corrected chi connectivity index (χ2v) is 5.10. The molecule has 0 radical (unpaired) electrons. The number of rotatable bonds is 6. The fraction of sp³-hybridized carbons (Fsp3) is 0.278. The highest BCUT2D eigenvalue weighted by molar-refractivity contribution is 5.91. The summed E-state index contributed by atoms with van der Waals surface area (Å²) < 4.78 is 0. The van der Waals surface area contributed by atoms with Gasteiger partial charge in [0, 0.05) is 25.1 Å². The van der Waals surface area contributed by atoms with E-state index in [1.807, 2.05) is 49.1 Å². The van der Waals surface area contributed by atoms with Gasteiger partial charge in [-0.25, -0.2) is 4.79 Å². The average Bonchev–Trinajstić information content (AvgIpc) is 2.52. The van der Waals surface area contributed by atoms with Crippen LogP contribution in [0, 0.1) is 0 Å². The van der Waals surface area contributed by atoms with Gasteiger partial charge in [0.1, 0.15) is 5.75 Å². The maximum absolute atomic E-state index is 11.5. The predicted molar refractivity (Wildman–Crippen MR) is 87.9 cm³/mol. The number of hydrogen-bond donors (Lipinski definition) is 2. The Kier molecular flexibility index (Phi) is 5.04. The van der Waals surface area contributed by atoms with E-state index in [-0.39, 0.29) is 11.3 Å². The fourth-order valence-electron chi connectivity index (χ4n) is 2.62. The Labute approximate surface area is 130 Å². The van der Waals surface area contributed by atoms with Crippen LogP contribution in [0.4, 0.5) is 5.69 Å². The Morgan fingerprint density at radius 1 is 1.05 bits per heavy atom. The second-order valence-electron chi connectivity index (χ2n) is 5.10. The Bertz CT molecular complexity index is 649. The fourth-order valence-corrected chi connectivity index (χ4v) is 2.62. The minimum absolute atomic E-state index is 0.0625. The van der Waals surface area contributed by atoms with E-state index in [1.54, 1.807) is 12.1 Å². The monoisotopic (exact) mass is 299 g/mol. The van der Waals surface area contributed by atoms with Gasteiger partial charge in [-0.1, -0.05) is 30.3 Å². The van der Waals surface area contributed by atoms with E-state index in [2.05, 4.69) is 0 Å². The molecule has 4 heteroatoms.